The summed E-state index contributed by atoms with van der Waals surface area (Å²) < 4.78 is 68.7. The van der Waals surface area contributed by atoms with Gasteiger partial charge in [-0.25, -0.2) is 0 Å². The molecule has 2 aliphatic rings. The lowest BCUT2D eigenvalue weighted by Crippen LogP contribution is -2.60. The Kier molecular flexibility index (Phi) is 6.50. The fourth-order valence-electron chi connectivity index (χ4n) is 4.21. The summed E-state index contributed by atoms with van der Waals surface area (Å²) in [6.07, 6.45) is -13.0. The lowest BCUT2D eigenvalue weighted by molar-refractivity contribution is -0.277. The molecule has 198 valence electrons. The third kappa shape index (κ3) is 4.60. The fraction of sp³-hybridized carbons (Fsp3) is 0.375. The van der Waals surface area contributed by atoms with Gasteiger partial charge in [0.05, 0.1) is 17.6 Å². The Balaban J connectivity index is 1.56. The second kappa shape index (κ2) is 9.50. The average Bonchev–Trinajstić information content (AvgIpc) is 2.88. The number of aliphatic hydroxyl groups is 4. The Labute approximate surface area is 206 Å². The van der Waals surface area contributed by atoms with Gasteiger partial charge in [-0.05, 0) is 29.8 Å². The number of hydrogen-bond donors (Lipinski definition) is 4. The van der Waals surface area contributed by atoms with Crippen molar-refractivity contribution >= 4 is 11.0 Å². The van der Waals surface area contributed by atoms with E-state index >= 15 is 0 Å². The van der Waals surface area contributed by atoms with Crippen LogP contribution in [0.3, 0.4) is 0 Å². The van der Waals surface area contributed by atoms with Gasteiger partial charge in [0.2, 0.25) is 17.5 Å². The molecular weight excluding hydrogens is 505 g/mol. The van der Waals surface area contributed by atoms with E-state index < -0.39 is 65.8 Å². The first kappa shape index (κ1) is 25.3. The Morgan fingerprint density at radius 1 is 0.946 bits per heavy atom. The molecule has 2 aliphatic heterocycles. The summed E-state index contributed by atoms with van der Waals surface area (Å²) in [5.74, 6) is -1.17. The smallest absolute Gasteiger partial charge is 0.450 e. The molecule has 4 N–H and O–H groups in total. The van der Waals surface area contributed by atoms with Gasteiger partial charge in [-0.1, -0.05) is 6.07 Å². The lowest BCUT2D eigenvalue weighted by Gasteiger charge is -2.39. The maximum Gasteiger partial charge on any atom is 0.450 e. The zero-order valence-electron chi connectivity index (χ0n) is 18.8. The van der Waals surface area contributed by atoms with Crippen LogP contribution in [0.4, 0.5) is 13.2 Å². The molecule has 13 heteroatoms. The Morgan fingerprint density at radius 3 is 2.38 bits per heavy atom. The Morgan fingerprint density at radius 2 is 1.68 bits per heavy atom. The van der Waals surface area contributed by atoms with Gasteiger partial charge in [0.25, 0.3) is 0 Å². The van der Waals surface area contributed by atoms with Crippen molar-refractivity contribution in [2.45, 2.75) is 36.9 Å². The highest BCUT2D eigenvalue weighted by Crippen LogP contribution is 2.41. The largest absolute Gasteiger partial charge is 0.486 e. The normalized spacial score (nSPS) is 25.8. The van der Waals surface area contributed by atoms with Crippen LogP contribution < -0.4 is 19.6 Å². The van der Waals surface area contributed by atoms with Crippen LogP contribution in [0.1, 0.15) is 5.76 Å². The van der Waals surface area contributed by atoms with E-state index in [0.29, 0.717) is 5.75 Å². The SMILES string of the molecule is O=c1c(-c2ccc3c(c2)OCCO3)c(C(F)(F)F)oc2cc(O[C@@H]3O[C@@H](CO)[C@@H](O)[C@@H](O)[C@H]3O)ccc12. The van der Waals surface area contributed by atoms with Gasteiger partial charge in [-0.15, -0.1) is 0 Å². The van der Waals surface area contributed by atoms with Gasteiger partial charge in [0, 0.05) is 6.07 Å². The maximum absolute atomic E-state index is 14.0. The van der Waals surface area contributed by atoms with Gasteiger partial charge in [-0.2, -0.15) is 13.2 Å². The van der Waals surface area contributed by atoms with Crippen molar-refractivity contribution in [2.24, 2.45) is 0 Å². The van der Waals surface area contributed by atoms with E-state index in [4.69, 9.17) is 23.4 Å². The number of ether oxygens (including phenoxy) is 4. The predicted octanol–water partition coefficient (Wildman–Crippen LogP) is 1.43. The minimum absolute atomic E-state index is 0.0751. The molecule has 0 amide bonds. The van der Waals surface area contributed by atoms with Gasteiger partial charge >= 0.3 is 6.18 Å². The molecule has 2 aromatic carbocycles. The topological polar surface area (TPSA) is 148 Å². The van der Waals surface area contributed by atoms with E-state index in [2.05, 4.69) is 0 Å². The van der Waals surface area contributed by atoms with Crippen molar-refractivity contribution in [1.82, 2.24) is 0 Å². The van der Waals surface area contributed by atoms with Crippen molar-refractivity contribution in [3.63, 3.8) is 0 Å². The number of benzene rings is 2. The zero-order valence-corrected chi connectivity index (χ0v) is 18.8. The Hall–Kier alpha value is -3.36. The molecule has 10 nitrogen and oxygen atoms in total. The van der Waals surface area contributed by atoms with Crippen LogP contribution >= 0.6 is 0 Å². The van der Waals surface area contributed by atoms with E-state index in [1.54, 1.807) is 0 Å². The molecular formula is C24H21F3O10. The van der Waals surface area contributed by atoms with Gasteiger partial charge < -0.3 is 43.8 Å². The van der Waals surface area contributed by atoms with E-state index in [-0.39, 0.29) is 35.7 Å². The second-order valence-corrected chi connectivity index (χ2v) is 8.46. The number of halogens is 3. The van der Waals surface area contributed by atoms with Crippen molar-refractivity contribution in [2.75, 3.05) is 19.8 Å². The number of hydrogen-bond acceptors (Lipinski definition) is 10. The monoisotopic (exact) mass is 526 g/mol. The highest BCUT2D eigenvalue weighted by molar-refractivity contribution is 5.84. The van der Waals surface area contributed by atoms with Gasteiger partial charge in [0.1, 0.15) is 49.0 Å². The summed E-state index contributed by atoms with van der Waals surface area (Å²) in [7, 11) is 0. The second-order valence-electron chi connectivity index (χ2n) is 8.46. The molecule has 3 aromatic rings. The number of fused-ring (bicyclic) bond motifs is 2. The highest BCUT2D eigenvalue weighted by atomic mass is 19.4. The Bertz CT molecular complexity index is 1370. The minimum atomic E-state index is -5.04. The zero-order chi connectivity index (χ0) is 26.5. The van der Waals surface area contributed by atoms with Crippen LogP contribution in [0.15, 0.2) is 45.6 Å². The molecule has 0 unspecified atom stereocenters. The van der Waals surface area contributed by atoms with E-state index in [0.717, 1.165) is 6.07 Å². The molecule has 37 heavy (non-hydrogen) atoms. The standard InChI is InChI=1S/C24H21F3O10/c25-24(26,27)22-17(10-1-4-13-15(7-10)34-6-5-33-13)18(29)12-3-2-11(8-14(12)36-22)35-23-21(32)20(31)19(30)16(9-28)37-23/h1-4,7-8,16,19-21,23,28,30-32H,5-6,9H2/t16-,19+,20+,21+,23+/m0/s1. The predicted molar refractivity (Wildman–Crippen MR) is 118 cm³/mol. The molecule has 0 aliphatic carbocycles. The van der Waals surface area contributed by atoms with Crippen LogP contribution in [-0.2, 0) is 10.9 Å². The molecule has 1 saturated heterocycles. The molecule has 1 aromatic heterocycles. The molecule has 0 bridgehead atoms. The molecule has 0 radical (unpaired) electrons. The van der Waals surface area contributed by atoms with Crippen LogP contribution in [0.25, 0.3) is 22.1 Å². The first-order chi connectivity index (χ1) is 17.6. The number of alkyl halides is 3. The molecule has 0 spiro atoms. The summed E-state index contributed by atoms with van der Waals surface area (Å²) in [6, 6.07) is 7.41. The molecule has 0 saturated carbocycles. The summed E-state index contributed by atoms with van der Waals surface area (Å²) >= 11 is 0. The minimum Gasteiger partial charge on any atom is -0.486 e. The summed E-state index contributed by atoms with van der Waals surface area (Å²) in [4.78, 5) is 13.3. The van der Waals surface area contributed by atoms with E-state index in [9.17, 15) is 38.4 Å². The summed E-state index contributed by atoms with van der Waals surface area (Å²) in [5, 5.41) is 39.1. The van der Waals surface area contributed by atoms with Crippen LogP contribution in [0.2, 0.25) is 0 Å². The number of aliphatic hydroxyl groups excluding tert-OH is 4. The molecule has 3 heterocycles. The maximum atomic E-state index is 14.0. The molecule has 1 fully saturated rings. The van der Waals surface area contributed by atoms with Crippen LogP contribution in [-0.4, -0.2) is 71.0 Å². The number of rotatable bonds is 4. The summed E-state index contributed by atoms with van der Waals surface area (Å²) in [6.45, 7) is -0.215. The molecule has 5 atom stereocenters. The van der Waals surface area contributed by atoms with E-state index in [1.807, 2.05) is 0 Å². The van der Waals surface area contributed by atoms with Crippen LogP contribution in [0.5, 0.6) is 17.2 Å². The van der Waals surface area contributed by atoms with Gasteiger partial charge in [0.15, 0.2) is 11.5 Å². The summed E-state index contributed by atoms with van der Waals surface area (Å²) in [5.41, 5.74) is -2.20. The first-order valence-electron chi connectivity index (χ1n) is 11.1. The lowest BCUT2D eigenvalue weighted by atomic mass is 9.99. The molecule has 5 rings (SSSR count). The fourth-order valence-corrected chi connectivity index (χ4v) is 4.21. The van der Waals surface area contributed by atoms with Crippen molar-refractivity contribution in [3.05, 3.63) is 52.4 Å². The van der Waals surface area contributed by atoms with Crippen molar-refractivity contribution in [3.8, 4) is 28.4 Å². The first-order valence-corrected chi connectivity index (χ1v) is 11.1. The van der Waals surface area contributed by atoms with E-state index in [1.165, 1.54) is 30.3 Å². The van der Waals surface area contributed by atoms with Crippen molar-refractivity contribution in [1.29, 1.82) is 0 Å². The average molecular weight is 526 g/mol. The van der Waals surface area contributed by atoms with Crippen LogP contribution in [0, 0.1) is 0 Å². The quantitative estimate of drug-likeness (QED) is 0.394. The third-order valence-electron chi connectivity index (χ3n) is 6.05. The third-order valence-corrected chi connectivity index (χ3v) is 6.05. The van der Waals surface area contributed by atoms with Gasteiger partial charge in [-0.3, -0.25) is 4.79 Å². The highest BCUT2D eigenvalue weighted by Gasteiger charge is 2.45. The van der Waals surface area contributed by atoms with Crippen molar-refractivity contribution < 1.29 is 57.0 Å².